The standard InChI is InChI=1S/C12H14FNO3/c13-9-3-8(4-10(15)5-9)11(12(16)17)14-6-7-1-2-7/h3-5,7,11,14-15H,1-2,6H2,(H,16,17). The Morgan fingerprint density at radius 2 is 2.18 bits per heavy atom. The molecule has 0 aromatic heterocycles. The molecule has 0 saturated heterocycles. The summed E-state index contributed by atoms with van der Waals surface area (Å²) in [6, 6.07) is 2.36. The summed E-state index contributed by atoms with van der Waals surface area (Å²) in [5, 5.41) is 21.2. The monoisotopic (exact) mass is 239 g/mol. The van der Waals surface area contributed by atoms with Crippen molar-refractivity contribution in [2.24, 2.45) is 5.92 Å². The summed E-state index contributed by atoms with van der Waals surface area (Å²) in [6.07, 6.45) is 2.21. The number of phenols is 1. The van der Waals surface area contributed by atoms with Crippen LogP contribution in [0.2, 0.25) is 0 Å². The second kappa shape index (κ2) is 4.71. The lowest BCUT2D eigenvalue weighted by atomic mass is 10.1. The Labute approximate surface area is 98.1 Å². The highest BCUT2D eigenvalue weighted by atomic mass is 19.1. The molecule has 4 nitrogen and oxygen atoms in total. The van der Waals surface area contributed by atoms with E-state index in [1.54, 1.807) is 0 Å². The zero-order valence-electron chi connectivity index (χ0n) is 9.19. The van der Waals surface area contributed by atoms with Crippen LogP contribution in [0.25, 0.3) is 0 Å². The van der Waals surface area contributed by atoms with Crippen molar-refractivity contribution in [2.75, 3.05) is 6.54 Å². The zero-order valence-corrected chi connectivity index (χ0v) is 9.19. The van der Waals surface area contributed by atoms with Crippen LogP contribution in [0.5, 0.6) is 5.75 Å². The van der Waals surface area contributed by atoms with Gasteiger partial charge < -0.3 is 15.5 Å². The van der Waals surface area contributed by atoms with Crippen LogP contribution in [0.1, 0.15) is 24.4 Å². The Morgan fingerprint density at radius 3 is 2.71 bits per heavy atom. The van der Waals surface area contributed by atoms with E-state index in [4.69, 9.17) is 5.11 Å². The number of hydrogen-bond acceptors (Lipinski definition) is 3. The third kappa shape index (κ3) is 3.17. The van der Waals surface area contributed by atoms with E-state index in [1.807, 2.05) is 0 Å². The van der Waals surface area contributed by atoms with Crippen molar-refractivity contribution < 1.29 is 19.4 Å². The first kappa shape index (κ1) is 11.9. The molecule has 1 fully saturated rings. The molecule has 1 aromatic carbocycles. The first-order chi connectivity index (χ1) is 8.06. The van der Waals surface area contributed by atoms with Crippen molar-refractivity contribution in [3.05, 3.63) is 29.6 Å². The molecule has 1 aliphatic rings. The van der Waals surface area contributed by atoms with Gasteiger partial charge in [0.15, 0.2) is 0 Å². The Kier molecular flexibility index (Phi) is 3.28. The number of carboxylic acids is 1. The predicted octanol–water partition coefficient (Wildman–Crippen LogP) is 1.66. The van der Waals surface area contributed by atoms with Gasteiger partial charge in [0.05, 0.1) is 0 Å². The van der Waals surface area contributed by atoms with Crippen LogP contribution in [0.4, 0.5) is 4.39 Å². The summed E-state index contributed by atoms with van der Waals surface area (Å²) >= 11 is 0. The number of nitrogens with one attached hydrogen (secondary N) is 1. The fourth-order valence-electron chi connectivity index (χ4n) is 1.72. The highest BCUT2D eigenvalue weighted by Crippen LogP contribution is 2.29. The van der Waals surface area contributed by atoms with Crippen LogP contribution < -0.4 is 5.32 Å². The summed E-state index contributed by atoms with van der Waals surface area (Å²) < 4.78 is 13.1. The van der Waals surface area contributed by atoms with Gasteiger partial charge in [-0.3, -0.25) is 4.79 Å². The van der Waals surface area contributed by atoms with Crippen molar-refractivity contribution in [2.45, 2.75) is 18.9 Å². The SMILES string of the molecule is O=C(O)C(NCC1CC1)c1cc(O)cc(F)c1. The lowest BCUT2D eigenvalue weighted by molar-refractivity contribution is -0.139. The van der Waals surface area contributed by atoms with Crippen LogP contribution in [0, 0.1) is 11.7 Å². The Morgan fingerprint density at radius 1 is 1.47 bits per heavy atom. The number of phenolic OH excluding ortho intramolecular Hbond substituents is 1. The third-order valence-electron chi connectivity index (χ3n) is 2.79. The van der Waals surface area contributed by atoms with Crippen molar-refractivity contribution in [1.82, 2.24) is 5.32 Å². The van der Waals surface area contributed by atoms with Gasteiger partial charge in [0.1, 0.15) is 17.6 Å². The molecule has 1 aliphatic carbocycles. The minimum absolute atomic E-state index is 0.232. The fourth-order valence-corrected chi connectivity index (χ4v) is 1.72. The molecule has 1 unspecified atom stereocenters. The molecule has 92 valence electrons. The normalized spacial score (nSPS) is 16.8. The second-order valence-electron chi connectivity index (χ2n) is 4.37. The van der Waals surface area contributed by atoms with Crippen molar-refractivity contribution >= 4 is 5.97 Å². The molecule has 0 aliphatic heterocycles. The van der Waals surface area contributed by atoms with E-state index in [0.29, 0.717) is 12.5 Å². The van der Waals surface area contributed by atoms with Gasteiger partial charge in [-0.05, 0) is 43.0 Å². The van der Waals surface area contributed by atoms with Gasteiger partial charge in [0, 0.05) is 6.07 Å². The smallest absolute Gasteiger partial charge is 0.325 e. The minimum Gasteiger partial charge on any atom is -0.508 e. The van der Waals surface area contributed by atoms with E-state index in [2.05, 4.69) is 5.32 Å². The average Bonchev–Trinajstić information content (AvgIpc) is 2.99. The Bertz CT molecular complexity index is 412. The largest absolute Gasteiger partial charge is 0.508 e. The topological polar surface area (TPSA) is 69.6 Å². The molecule has 1 aromatic rings. The molecule has 5 heteroatoms. The van der Waals surface area contributed by atoms with Gasteiger partial charge >= 0.3 is 5.97 Å². The summed E-state index contributed by atoms with van der Waals surface area (Å²) in [5.41, 5.74) is 0.232. The van der Waals surface area contributed by atoms with Gasteiger partial charge in [-0.25, -0.2) is 4.39 Å². The number of halogens is 1. The molecule has 0 radical (unpaired) electrons. The van der Waals surface area contributed by atoms with Crippen LogP contribution >= 0.6 is 0 Å². The Hall–Kier alpha value is -1.62. The van der Waals surface area contributed by atoms with E-state index in [0.717, 1.165) is 25.0 Å². The highest BCUT2D eigenvalue weighted by molar-refractivity contribution is 5.75. The molecule has 1 saturated carbocycles. The van der Waals surface area contributed by atoms with Crippen LogP contribution in [0.3, 0.4) is 0 Å². The number of hydrogen-bond donors (Lipinski definition) is 3. The molecule has 17 heavy (non-hydrogen) atoms. The first-order valence-electron chi connectivity index (χ1n) is 5.52. The molecule has 3 N–H and O–H groups in total. The highest BCUT2D eigenvalue weighted by Gasteiger charge is 2.26. The maximum absolute atomic E-state index is 13.1. The number of benzene rings is 1. The van der Waals surface area contributed by atoms with Crippen molar-refractivity contribution in [3.8, 4) is 5.75 Å². The maximum Gasteiger partial charge on any atom is 0.325 e. The van der Waals surface area contributed by atoms with Crippen LogP contribution in [0.15, 0.2) is 18.2 Å². The van der Waals surface area contributed by atoms with Gasteiger partial charge in [-0.1, -0.05) is 0 Å². The van der Waals surface area contributed by atoms with Gasteiger partial charge in [-0.15, -0.1) is 0 Å². The van der Waals surface area contributed by atoms with E-state index >= 15 is 0 Å². The van der Waals surface area contributed by atoms with E-state index in [-0.39, 0.29) is 11.3 Å². The van der Waals surface area contributed by atoms with E-state index in [1.165, 1.54) is 6.07 Å². The molecule has 2 rings (SSSR count). The zero-order chi connectivity index (χ0) is 12.4. The average molecular weight is 239 g/mol. The number of carboxylic acid groups (broad SMARTS) is 1. The lowest BCUT2D eigenvalue weighted by Gasteiger charge is -2.15. The summed E-state index contributed by atoms with van der Waals surface area (Å²) in [4.78, 5) is 11.1. The number of rotatable bonds is 5. The van der Waals surface area contributed by atoms with Crippen LogP contribution in [-0.2, 0) is 4.79 Å². The number of carbonyl (C=O) groups is 1. The van der Waals surface area contributed by atoms with Crippen molar-refractivity contribution in [3.63, 3.8) is 0 Å². The number of aliphatic carboxylic acids is 1. The Balaban J connectivity index is 2.14. The summed E-state index contributed by atoms with van der Waals surface area (Å²) in [7, 11) is 0. The molecule has 0 bridgehead atoms. The molecule has 0 spiro atoms. The third-order valence-corrected chi connectivity index (χ3v) is 2.79. The maximum atomic E-state index is 13.1. The molecular weight excluding hydrogens is 225 g/mol. The predicted molar refractivity (Wildman–Crippen MR) is 59.2 cm³/mol. The quantitative estimate of drug-likeness (QED) is 0.730. The molecule has 1 atom stereocenters. The molecular formula is C12H14FNO3. The van der Waals surface area contributed by atoms with Crippen LogP contribution in [-0.4, -0.2) is 22.7 Å². The van der Waals surface area contributed by atoms with Gasteiger partial charge in [0.25, 0.3) is 0 Å². The van der Waals surface area contributed by atoms with Gasteiger partial charge in [0.2, 0.25) is 0 Å². The van der Waals surface area contributed by atoms with Crippen molar-refractivity contribution in [1.29, 1.82) is 0 Å². The lowest BCUT2D eigenvalue weighted by Crippen LogP contribution is -2.30. The first-order valence-corrected chi connectivity index (χ1v) is 5.52. The minimum atomic E-state index is -1.07. The summed E-state index contributed by atoms with van der Waals surface area (Å²) in [6.45, 7) is 0.605. The fraction of sp³-hybridized carbons (Fsp3) is 0.417. The number of aromatic hydroxyl groups is 1. The van der Waals surface area contributed by atoms with Gasteiger partial charge in [-0.2, -0.15) is 0 Å². The van der Waals surface area contributed by atoms with E-state index in [9.17, 15) is 14.3 Å². The molecule has 0 amide bonds. The van der Waals surface area contributed by atoms with E-state index < -0.39 is 17.8 Å². The summed E-state index contributed by atoms with van der Waals surface area (Å²) in [5.74, 6) is -1.45. The second-order valence-corrected chi connectivity index (χ2v) is 4.37. The molecule has 0 heterocycles.